The van der Waals surface area contributed by atoms with Gasteiger partial charge in [0, 0.05) is 0 Å². The van der Waals surface area contributed by atoms with Crippen LogP contribution >= 0.6 is 0 Å². The van der Waals surface area contributed by atoms with Crippen molar-refractivity contribution in [2.45, 2.75) is 31.3 Å². The summed E-state index contributed by atoms with van der Waals surface area (Å²) in [6.45, 7) is 4.08. The standard InChI is InChI=1S/C18H20O3/c1-17(2)20-13-16(21-17)18(19,14-9-5-3-6-10-14)15-11-7-4-8-12-15/h3-12,16,19H,13H2,1-2H3/t16-/m0/s1. The van der Waals surface area contributed by atoms with Crippen LogP contribution in [-0.2, 0) is 15.1 Å². The van der Waals surface area contributed by atoms with Gasteiger partial charge in [-0.2, -0.15) is 0 Å². The van der Waals surface area contributed by atoms with Gasteiger partial charge in [-0.1, -0.05) is 60.7 Å². The lowest BCUT2D eigenvalue weighted by molar-refractivity contribution is -0.164. The number of hydrogen-bond donors (Lipinski definition) is 1. The van der Waals surface area contributed by atoms with E-state index in [1.54, 1.807) is 0 Å². The number of benzene rings is 2. The van der Waals surface area contributed by atoms with Gasteiger partial charge in [0.15, 0.2) is 5.79 Å². The van der Waals surface area contributed by atoms with E-state index in [0.717, 1.165) is 11.1 Å². The van der Waals surface area contributed by atoms with Crippen LogP contribution < -0.4 is 0 Å². The Hall–Kier alpha value is -1.68. The summed E-state index contributed by atoms with van der Waals surface area (Å²) in [4.78, 5) is 0. The Morgan fingerprint density at radius 1 is 0.952 bits per heavy atom. The fourth-order valence-corrected chi connectivity index (χ4v) is 2.82. The second-order valence-corrected chi connectivity index (χ2v) is 5.82. The van der Waals surface area contributed by atoms with Gasteiger partial charge in [0.05, 0.1) is 6.61 Å². The fourth-order valence-electron chi connectivity index (χ4n) is 2.82. The average molecular weight is 284 g/mol. The summed E-state index contributed by atoms with van der Waals surface area (Å²) in [5.74, 6) is -0.678. The van der Waals surface area contributed by atoms with Crippen LogP contribution in [0.15, 0.2) is 60.7 Å². The molecule has 0 spiro atoms. The van der Waals surface area contributed by atoms with Crippen LogP contribution in [0.25, 0.3) is 0 Å². The predicted octanol–water partition coefficient (Wildman–Crippen LogP) is 3.07. The number of aliphatic hydroxyl groups is 1. The topological polar surface area (TPSA) is 38.7 Å². The van der Waals surface area contributed by atoms with Crippen LogP contribution in [0.4, 0.5) is 0 Å². The molecule has 0 aromatic heterocycles. The van der Waals surface area contributed by atoms with Crippen LogP contribution in [-0.4, -0.2) is 23.6 Å². The van der Waals surface area contributed by atoms with Gasteiger partial charge in [-0.25, -0.2) is 0 Å². The van der Waals surface area contributed by atoms with Crippen molar-refractivity contribution >= 4 is 0 Å². The Balaban J connectivity index is 2.08. The summed E-state index contributed by atoms with van der Waals surface area (Å²) in [5.41, 5.74) is 0.390. The first-order valence-corrected chi connectivity index (χ1v) is 7.17. The zero-order valence-electron chi connectivity index (χ0n) is 12.3. The number of rotatable bonds is 3. The molecule has 1 atom stereocenters. The second kappa shape index (κ2) is 5.26. The quantitative estimate of drug-likeness (QED) is 0.941. The molecule has 3 rings (SSSR count). The molecular formula is C18H20O3. The molecule has 0 bridgehead atoms. The van der Waals surface area contributed by atoms with Gasteiger partial charge in [0.1, 0.15) is 11.7 Å². The van der Waals surface area contributed by atoms with Crippen LogP contribution in [0.1, 0.15) is 25.0 Å². The Labute approximate surface area is 125 Å². The largest absolute Gasteiger partial charge is 0.378 e. The molecule has 1 aliphatic rings. The summed E-state index contributed by atoms with van der Waals surface area (Å²) >= 11 is 0. The summed E-state index contributed by atoms with van der Waals surface area (Å²) in [6.07, 6.45) is -0.447. The second-order valence-electron chi connectivity index (χ2n) is 5.82. The highest BCUT2D eigenvalue weighted by atomic mass is 16.7. The first kappa shape index (κ1) is 14.3. The van der Waals surface area contributed by atoms with Gasteiger partial charge >= 0.3 is 0 Å². The van der Waals surface area contributed by atoms with Crippen molar-refractivity contribution in [3.05, 3.63) is 71.8 Å². The van der Waals surface area contributed by atoms with Crippen molar-refractivity contribution in [1.29, 1.82) is 0 Å². The molecule has 3 nitrogen and oxygen atoms in total. The lowest BCUT2D eigenvalue weighted by atomic mass is 9.82. The highest BCUT2D eigenvalue weighted by molar-refractivity contribution is 5.37. The number of ether oxygens (including phenoxy) is 2. The van der Waals surface area contributed by atoms with Crippen LogP contribution in [0.5, 0.6) is 0 Å². The maximum Gasteiger partial charge on any atom is 0.163 e. The van der Waals surface area contributed by atoms with E-state index in [9.17, 15) is 5.11 Å². The molecule has 0 aliphatic carbocycles. The van der Waals surface area contributed by atoms with E-state index in [0.29, 0.717) is 6.61 Å². The van der Waals surface area contributed by atoms with Crippen LogP contribution in [0, 0.1) is 0 Å². The normalized spacial score (nSPS) is 21.4. The van der Waals surface area contributed by atoms with Crippen molar-refractivity contribution in [3.63, 3.8) is 0 Å². The Morgan fingerprint density at radius 2 is 1.43 bits per heavy atom. The lowest BCUT2D eigenvalue weighted by Crippen LogP contribution is -2.43. The Kier molecular flexibility index (Phi) is 3.57. The SMILES string of the molecule is CC1(C)OC[C@@H](C(O)(c2ccccc2)c2ccccc2)O1. The smallest absolute Gasteiger partial charge is 0.163 e. The molecule has 2 aromatic rings. The van der Waals surface area contributed by atoms with E-state index in [4.69, 9.17) is 9.47 Å². The van der Waals surface area contributed by atoms with E-state index < -0.39 is 17.5 Å². The Bertz CT molecular complexity index is 553. The van der Waals surface area contributed by atoms with Crippen molar-refractivity contribution in [1.82, 2.24) is 0 Å². The molecule has 0 saturated carbocycles. The molecule has 1 saturated heterocycles. The summed E-state index contributed by atoms with van der Waals surface area (Å²) in [7, 11) is 0. The molecule has 1 N–H and O–H groups in total. The zero-order chi connectivity index (χ0) is 14.9. The van der Waals surface area contributed by atoms with Crippen molar-refractivity contribution < 1.29 is 14.6 Å². The molecule has 1 fully saturated rings. The summed E-state index contributed by atoms with van der Waals surface area (Å²) < 4.78 is 11.6. The molecule has 1 aliphatic heterocycles. The van der Waals surface area contributed by atoms with E-state index in [1.165, 1.54) is 0 Å². The fraction of sp³-hybridized carbons (Fsp3) is 0.333. The van der Waals surface area contributed by atoms with Gasteiger partial charge < -0.3 is 14.6 Å². The molecule has 2 aromatic carbocycles. The van der Waals surface area contributed by atoms with Crippen LogP contribution in [0.2, 0.25) is 0 Å². The molecule has 110 valence electrons. The minimum atomic E-state index is -1.23. The van der Waals surface area contributed by atoms with Gasteiger partial charge in [-0.3, -0.25) is 0 Å². The first-order chi connectivity index (χ1) is 10.0. The van der Waals surface area contributed by atoms with E-state index in [2.05, 4.69) is 0 Å². The summed E-state index contributed by atoms with van der Waals surface area (Å²) in [6, 6.07) is 19.2. The lowest BCUT2D eigenvalue weighted by Gasteiger charge is -2.34. The van der Waals surface area contributed by atoms with Crippen LogP contribution in [0.3, 0.4) is 0 Å². The maximum absolute atomic E-state index is 11.5. The third-order valence-electron chi connectivity index (χ3n) is 3.90. The maximum atomic E-state index is 11.5. The van der Waals surface area contributed by atoms with Gasteiger partial charge in [0.2, 0.25) is 0 Å². The van der Waals surface area contributed by atoms with Crippen molar-refractivity contribution in [3.8, 4) is 0 Å². The Morgan fingerprint density at radius 3 is 1.81 bits per heavy atom. The van der Waals surface area contributed by atoms with E-state index in [-0.39, 0.29) is 0 Å². The highest BCUT2D eigenvalue weighted by Crippen LogP contribution is 2.39. The van der Waals surface area contributed by atoms with Gasteiger partial charge in [0.25, 0.3) is 0 Å². The average Bonchev–Trinajstić information content (AvgIpc) is 2.89. The molecule has 0 amide bonds. The van der Waals surface area contributed by atoms with Crippen molar-refractivity contribution in [2.75, 3.05) is 6.61 Å². The van der Waals surface area contributed by atoms with Gasteiger partial charge in [-0.05, 0) is 25.0 Å². The molecular weight excluding hydrogens is 264 g/mol. The zero-order valence-corrected chi connectivity index (χ0v) is 12.3. The summed E-state index contributed by atoms with van der Waals surface area (Å²) in [5, 5.41) is 11.5. The highest BCUT2D eigenvalue weighted by Gasteiger charge is 2.48. The van der Waals surface area contributed by atoms with Crippen molar-refractivity contribution in [2.24, 2.45) is 0 Å². The minimum absolute atomic E-state index is 0.354. The van der Waals surface area contributed by atoms with Gasteiger partial charge in [-0.15, -0.1) is 0 Å². The number of hydrogen-bond acceptors (Lipinski definition) is 3. The molecule has 0 unspecified atom stereocenters. The van der Waals surface area contributed by atoms with E-state index in [1.807, 2.05) is 74.5 Å². The molecule has 0 radical (unpaired) electrons. The molecule has 1 heterocycles. The predicted molar refractivity (Wildman–Crippen MR) is 80.8 cm³/mol. The third kappa shape index (κ3) is 2.60. The molecule has 3 heteroatoms. The third-order valence-corrected chi connectivity index (χ3v) is 3.90. The minimum Gasteiger partial charge on any atom is -0.378 e. The van der Waals surface area contributed by atoms with E-state index >= 15 is 0 Å². The first-order valence-electron chi connectivity index (χ1n) is 7.17. The monoisotopic (exact) mass is 284 g/mol. The molecule has 21 heavy (non-hydrogen) atoms.